The highest BCUT2D eigenvalue weighted by Gasteiger charge is 2.20. The number of anilines is 1. The van der Waals surface area contributed by atoms with E-state index in [0.29, 0.717) is 41.3 Å². The Hall–Kier alpha value is -4.39. The predicted octanol–water partition coefficient (Wildman–Crippen LogP) is 5.28. The van der Waals surface area contributed by atoms with Crippen molar-refractivity contribution >= 4 is 17.5 Å². The van der Waals surface area contributed by atoms with Crippen molar-refractivity contribution in [3.63, 3.8) is 0 Å². The second-order valence-electron chi connectivity index (χ2n) is 7.91. The molecule has 0 saturated heterocycles. The smallest absolute Gasteiger partial charge is 0.259 e. The topological polar surface area (TPSA) is 76.5 Å². The number of nitrogens with one attached hydrogen (secondary N) is 1. The minimum Gasteiger partial charge on any atom is -0.497 e. The summed E-state index contributed by atoms with van der Waals surface area (Å²) in [5.74, 6) is 0.349. The molecule has 1 heterocycles. The number of methoxy groups -OCH3 is 1. The molecule has 0 fully saturated rings. The van der Waals surface area contributed by atoms with Gasteiger partial charge in [-0.2, -0.15) is 5.10 Å². The second-order valence-corrected chi connectivity index (χ2v) is 7.91. The van der Waals surface area contributed by atoms with E-state index in [1.807, 2.05) is 68.4 Å². The predicted molar refractivity (Wildman–Crippen MR) is 137 cm³/mol. The Bertz CT molecular complexity index is 1310. The SMILES string of the molecule is CCN(CC)C(=O)c1ccc(NC(=O)c2cn(-c3ccccc3)nc2-c2cccc(OC)c2)cc1. The zero-order valence-electron chi connectivity index (χ0n) is 20.1. The molecule has 0 unspecified atom stereocenters. The average molecular weight is 469 g/mol. The largest absolute Gasteiger partial charge is 0.497 e. The van der Waals surface area contributed by atoms with Crippen LogP contribution in [0.25, 0.3) is 16.9 Å². The molecule has 7 heteroatoms. The standard InChI is InChI=1S/C28H28N4O3/c1-4-31(5-2)28(34)20-14-16-22(17-15-20)29-27(33)25-19-32(23-11-7-6-8-12-23)30-26(25)21-10-9-13-24(18-21)35-3/h6-19H,4-5H2,1-3H3,(H,29,33). The Morgan fingerprint density at radius 1 is 0.943 bits per heavy atom. The number of carbonyl (C=O) groups excluding carboxylic acids is 2. The van der Waals surface area contributed by atoms with Gasteiger partial charge in [-0.1, -0.05) is 30.3 Å². The summed E-state index contributed by atoms with van der Waals surface area (Å²) in [5, 5.41) is 7.65. The van der Waals surface area contributed by atoms with Crippen LogP contribution in [-0.4, -0.2) is 46.7 Å². The van der Waals surface area contributed by atoms with Crippen LogP contribution in [0.3, 0.4) is 0 Å². The first kappa shape index (κ1) is 23.8. The van der Waals surface area contributed by atoms with Crippen molar-refractivity contribution in [2.75, 3.05) is 25.5 Å². The van der Waals surface area contributed by atoms with E-state index in [9.17, 15) is 9.59 Å². The van der Waals surface area contributed by atoms with E-state index < -0.39 is 0 Å². The van der Waals surface area contributed by atoms with E-state index in [2.05, 4.69) is 5.32 Å². The molecule has 1 N–H and O–H groups in total. The van der Waals surface area contributed by atoms with Gasteiger partial charge < -0.3 is 15.0 Å². The van der Waals surface area contributed by atoms with E-state index in [4.69, 9.17) is 9.84 Å². The number of hydrogen-bond acceptors (Lipinski definition) is 4. The van der Waals surface area contributed by atoms with Crippen molar-refractivity contribution in [2.45, 2.75) is 13.8 Å². The lowest BCUT2D eigenvalue weighted by Crippen LogP contribution is -2.30. The minimum absolute atomic E-state index is 0.0303. The van der Waals surface area contributed by atoms with Gasteiger partial charge in [-0.15, -0.1) is 0 Å². The van der Waals surface area contributed by atoms with Crippen molar-refractivity contribution in [3.05, 3.63) is 96.2 Å². The molecule has 4 rings (SSSR count). The van der Waals surface area contributed by atoms with E-state index in [0.717, 1.165) is 11.3 Å². The molecule has 35 heavy (non-hydrogen) atoms. The normalized spacial score (nSPS) is 10.6. The van der Waals surface area contributed by atoms with E-state index in [1.54, 1.807) is 47.2 Å². The molecule has 0 aliphatic carbocycles. The number of benzene rings is 3. The first-order chi connectivity index (χ1) is 17.0. The Morgan fingerprint density at radius 3 is 2.31 bits per heavy atom. The summed E-state index contributed by atoms with van der Waals surface area (Å²) in [7, 11) is 1.60. The van der Waals surface area contributed by atoms with E-state index >= 15 is 0 Å². The molecule has 4 aromatic rings. The van der Waals surface area contributed by atoms with E-state index in [-0.39, 0.29) is 11.8 Å². The number of ether oxygens (including phenoxy) is 1. The third-order valence-electron chi connectivity index (χ3n) is 5.76. The molecule has 178 valence electrons. The molecule has 0 spiro atoms. The first-order valence-electron chi connectivity index (χ1n) is 11.5. The molecule has 0 saturated carbocycles. The molecular formula is C28H28N4O3. The number of nitrogens with zero attached hydrogens (tertiary/aromatic N) is 3. The van der Waals surface area contributed by atoms with Crippen molar-refractivity contribution in [2.24, 2.45) is 0 Å². The summed E-state index contributed by atoms with van der Waals surface area (Å²) in [4.78, 5) is 27.7. The van der Waals surface area contributed by atoms with Crippen LogP contribution in [0.2, 0.25) is 0 Å². The average Bonchev–Trinajstić information content (AvgIpc) is 3.36. The Labute approximate surface area is 205 Å². The van der Waals surface area contributed by atoms with Crippen molar-refractivity contribution < 1.29 is 14.3 Å². The molecule has 0 radical (unpaired) electrons. The monoisotopic (exact) mass is 468 g/mol. The third-order valence-corrected chi connectivity index (χ3v) is 5.76. The lowest BCUT2D eigenvalue weighted by atomic mass is 10.1. The summed E-state index contributed by atoms with van der Waals surface area (Å²) >= 11 is 0. The Kier molecular flexibility index (Phi) is 7.26. The summed E-state index contributed by atoms with van der Waals surface area (Å²) in [5.41, 5.74) is 3.75. The van der Waals surface area contributed by atoms with Gasteiger partial charge in [0.05, 0.1) is 18.4 Å². The lowest BCUT2D eigenvalue weighted by Gasteiger charge is -2.18. The van der Waals surface area contributed by atoms with Gasteiger partial charge in [-0.25, -0.2) is 4.68 Å². The molecule has 7 nitrogen and oxygen atoms in total. The zero-order chi connectivity index (χ0) is 24.8. The van der Waals surface area contributed by atoms with Crippen LogP contribution in [0.5, 0.6) is 5.75 Å². The fourth-order valence-electron chi connectivity index (χ4n) is 3.82. The van der Waals surface area contributed by atoms with Gasteiger partial charge in [0.2, 0.25) is 0 Å². The number of para-hydroxylation sites is 1. The number of amides is 2. The first-order valence-corrected chi connectivity index (χ1v) is 11.5. The van der Waals surface area contributed by atoms with Crippen LogP contribution >= 0.6 is 0 Å². The second kappa shape index (κ2) is 10.7. The molecule has 0 atom stereocenters. The van der Waals surface area contributed by atoms with Gasteiger partial charge in [0.1, 0.15) is 11.4 Å². The molecule has 3 aromatic carbocycles. The Morgan fingerprint density at radius 2 is 1.66 bits per heavy atom. The van der Waals surface area contributed by atoms with Gasteiger partial charge in [0.15, 0.2) is 0 Å². The minimum atomic E-state index is -0.298. The van der Waals surface area contributed by atoms with Crippen LogP contribution in [0.4, 0.5) is 5.69 Å². The molecule has 0 aliphatic rings. The van der Waals surface area contributed by atoms with Crippen LogP contribution < -0.4 is 10.1 Å². The van der Waals surface area contributed by atoms with Crippen molar-refractivity contribution in [1.29, 1.82) is 0 Å². The van der Waals surface area contributed by atoms with Crippen molar-refractivity contribution in [1.82, 2.24) is 14.7 Å². The zero-order valence-corrected chi connectivity index (χ0v) is 20.1. The van der Waals surface area contributed by atoms with Crippen molar-refractivity contribution in [3.8, 4) is 22.7 Å². The number of hydrogen-bond donors (Lipinski definition) is 1. The number of carbonyl (C=O) groups is 2. The van der Waals surface area contributed by atoms with Gasteiger partial charge in [0, 0.05) is 36.1 Å². The lowest BCUT2D eigenvalue weighted by molar-refractivity contribution is 0.0773. The fourth-order valence-corrected chi connectivity index (χ4v) is 3.82. The fraction of sp³-hybridized carbons (Fsp3) is 0.179. The molecule has 2 amide bonds. The summed E-state index contributed by atoms with van der Waals surface area (Å²) in [6.07, 6.45) is 1.72. The Balaban J connectivity index is 1.64. The van der Waals surface area contributed by atoms with Crippen LogP contribution in [-0.2, 0) is 0 Å². The molecule has 0 aliphatic heterocycles. The summed E-state index contributed by atoms with van der Waals surface area (Å²) in [6, 6.07) is 24.0. The number of aromatic nitrogens is 2. The van der Waals surface area contributed by atoms with Crippen LogP contribution in [0, 0.1) is 0 Å². The number of rotatable bonds is 8. The third kappa shape index (κ3) is 5.24. The van der Waals surface area contributed by atoms with Crippen LogP contribution in [0.15, 0.2) is 85.1 Å². The maximum Gasteiger partial charge on any atom is 0.259 e. The van der Waals surface area contributed by atoms with Gasteiger partial charge in [-0.3, -0.25) is 9.59 Å². The van der Waals surface area contributed by atoms with Gasteiger partial charge in [0.25, 0.3) is 11.8 Å². The van der Waals surface area contributed by atoms with E-state index in [1.165, 1.54) is 0 Å². The quantitative estimate of drug-likeness (QED) is 0.382. The summed E-state index contributed by atoms with van der Waals surface area (Å²) in [6.45, 7) is 5.19. The van der Waals surface area contributed by atoms with Crippen LogP contribution in [0.1, 0.15) is 34.6 Å². The maximum absolute atomic E-state index is 13.4. The van der Waals surface area contributed by atoms with Gasteiger partial charge >= 0.3 is 0 Å². The summed E-state index contributed by atoms with van der Waals surface area (Å²) < 4.78 is 7.05. The van der Waals surface area contributed by atoms with Gasteiger partial charge in [-0.05, 0) is 62.4 Å². The maximum atomic E-state index is 13.4. The highest BCUT2D eigenvalue weighted by atomic mass is 16.5. The molecular weight excluding hydrogens is 440 g/mol. The highest BCUT2D eigenvalue weighted by molar-refractivity contribution is 6.08. The highest BCUT2D eigenvalue weighted by Crippen LogP contribution is 2.27. The molecule has 0 bridgehead atoms. The molecule has 1 aromatic heterocycles.